The minimum Gasteiger partial charge on any atom is -0.871 e. The number of alkyl halides is 7. The number of thiophene rings is 1. The summed E-state index contributed by atoms with van der Waals surface area (Å²) in [5.74, 6) is -16.9. The highest BCUT2D eigenvalue weighted by atomic mass is 32.1. The van der Waals surface area contributed by atoms with Crippen LogP contribution in [-0.2, 0) is 4.79 Å². The van der Waals surface area contributed by atoms with Crippen molar-refractivity contribution in [1.82, 2.24) is 0 Å². The van der Waals surface area contributed by atoms with E-state index >= 15 is 0 Å². The lowest BCUT2D eigenvalue weighted by Gasteiger charge is -2.26. The van der Waals surface area contributed by atoms with Crippen molar-refractivity contribution >= 4 is 22.9 Å². The van der Waals surface area contributed by atoms with Crippen molar-refractivity contribution in [3.63, 3.8) is 0 Å². The maximum atomic E-state index is 12.9. The molecule has 0 fully saturated rings. The summed E-state index contributed by atoms with van der Waals surface area (Å²) >= 11 is 0.709. The molecule has 0 aliphatic rings. The number of carbonyl (C=O) groups is 1. The van der Waals surface area contributed by atoms with Crippen LogP contribution in [0.3, 0.4) is 0 Å². The van der Waals surface area contributed by atoms with Crippen molar-refractivity contribution in [1.29, 1.82) is 0 Å². The lowest BCUT2D eigenvalue weighted by Crippen LogP contribution is -2.55. The molecule has 1 heterocycles. The Bertz CT molecular complexity index is 516. The highest BCUT2D eigenvalue weighted by molar-refractivity contribution is 7.11. The number of carbonyl (C=O) groups excluding carboxylic acids is 1. The molecule has 0 aromatic carbocycles. The van der Waals surface area contributed by atoms with Gasteiger partial charge in [0, 0.05) is 4.88 Å². The Labute approximate surface area is 111 Å². The number of ketones is 1. The van der Waals surface area contributed by atoms with Crippen molar-refractivity contribution in [2.45, 2.75) is 18.0 Å². The summed E-state index contributed by atoms with van der Waals surface area (Å²) in [6, 6.07) is 2.40. The van der Waals surface area contributed by atoms with Gasteiger partial charge in [-0.2, -0.15) is 30.7 Å². The van der Waals surface area contributed by atoms with Gasteiger partial charge in [0.15, 0.2) is 0 Å². The van der Waals surface area contributed by atoms with Crippen molar-refractivity contribution in [2.24, 2.45) is 0 Å². The zero-order valence-corrected chi connectivity index (χ0v) is 10.00. The molecular weight excluding hydrogens is 317 g/mol. The Morgan fingerprint density at radius 1 is 1.15 bits per heavy atom. The van der Waals surface area contributed by atoms with Crippen LogP contribution in [0.25, 0.3) is 5.76 Å². The number of rotatable bonds is 4. The van der Waals surface area contributed by atoms with E-state index < -0.39 is 35.6 Å². The quantitative estimate of drug-likeness (QED) is 0.486. The molecule has 1 aromatic rings. The lowest BCUT2D eigenvalue weighted by molar-refractivity contribution is -0.342. The topological polar surface area (TPSA) is 40.1 Å². The second-order valence-corrected chi connectivity index (χ2v) is 4.44. The fourth-order valence-electron chi connectivity index (χ4n) is 1.03. The van der Waals surface area contributed by atoms with Gasteiger partial charge in [-0.1, -0.05) is 11.8 Å². The van der Waals surface area contributed by atoms with Gasteiger partial charge >= 0.3 is 18.0 Å². The van der Waals surface area contributed by atoms with Crippen LogP contribution in [0.1, 0.15) is 4.88 Å². The predicted molar refractivity (Wildman–Crippen MR) is 53.3 cm³/mol. The van der Waals surface area contributed by atoms with E-state index in [1.54, 1.807) is 0 Å². The van der Waals surface area contributed by atoms with Crippen molar-refractivity contribution < 1.29 is 40.6 Å². The van der Waals surface area contributed by atoms with Gasteiger partial charge in [0.1, 0.15) is 0 Å². The van der Waals surface area contributed by atoms with Gasteiger partial charge in [-0.15, -0.1) is 11.3 Å². The fourth-order valence-corrected chi connectivity index (χ4v) is 1.67. The third-order valence-corrected chi connectivity index (χ3v) is 2.97. The molecule has 0 radical (unpaired) electrons. The molecule has 20 heavy (non-hydrogen) atoms. The fraction of sp³-hybridized carbons (Fsp3) is 0.300. The average Bonchev–Trinajstić information content (AvgIpc) is 2.80. The van der Waals surface area contributed by atoms with E-state index in [2.05, 4.69) is 0 Å². The maximum absolute atomic E-state index is 12.9. The third-order valence-electron chi connectivity index (χ3n) is 2.09. The van der Waals surface area contributed by atoms with Crippen LogP contribution < -0.4 is 5.11 Å². The van der Waals surface area contributed by atoms with Gasteiger partial charge in [-0.05, 0) is 17.5 Å². The molecule has 0 N–H and O–H groups in total. The van der Waals surface area contributed by atoms with Gasteiger partial charge in [0.05, 0.1) is 0 Å². The Balaban J connectivity index is 3.11. The van der Waals surface area contributed by atoms with Gasteiger partial charge in [-0.3, -0.25) is 4.79 Å². The van der Waals surface area contributed by atoms with Crippen LogP contribution in [0.5, 0.6) is 0 Å². The van der Waals surface area contributed by atoms with Gasteiger partial charge in [-0.25, -0.2) is 0 Å². The second-order valence-electron chi connectivity index (χ2n) is 3.50. The van der Waals surface area contributed by atoms with Crippen molar-refractivity contribution in [2.75, 3.05) is 0 Å². The van der Waals surface area contributed by atoms with E-state index in [1.165, 1.54) is 11.4 Å². The van der Waals surface area contributed by atoms with E-state index in [-0.39, 0.29) is 4.88 Å². The van der Waals surface area contributed by atoms with E-state index in [9.17, 15) is 40.6 Å². The Hall–Kier alpha value is -1.58. The second kappa shape index (κ2) is 5.08. The molecule has 112 valence electrons. The van der Waals surface area contributed by atoms with Crippen LogP contribution in [0.15, 0.2) is 23.6 Å². The average molecular weight is 321 g/mol. The summed E-state index contributed by atoms with van der Waals surface area (Å²) in [6.45, 7) is 0. The van der Waals surface area contributed by atoms with Crippen LogP contribution in [0, 0.1) is 0 Å². The first-order chi connectivity index (χ1) is 8.91. The summed E-state index contributed by atoms with van der Waals surface area (Å²) in [6.07, 6.45) is -7.09. The van der Waals surface area contributed by atoms with Crippen LogP contribution in [-0.4, -0.2) is 23.8 Å². The number of hydrogen-bond donors (Lipinski definition) is 0. The molecule has 0 spiro atoms. The highest BCUT2D eigenvalue weighted by Gasteiger charge is 2.75. The molecule has 0 saturated carbocycles. The van der Waals surface area contributed by atoms with Gasteiger partial charge in [0.2, 0.25) is 5.78 Å². The van der Waals surface area contributed by atoms with E-state index in [4.69, 9.17) is 0 Å². The first-order valence-corrected chi connectivity index (χ1v) is 5.58. The summed E-state index contributed by atoms with van der Waals surface area (Å²) in [4.78, 5) is 10.6. The number of hydrogen-bond acceptors (Lipinski definition) is 3. The predicted octanol–water partition coefficient (Wildman–Crippen LogP) is 2.85. The first kappa shape index (κ1) is 16.5. The van der Waals surface area contributed by atoms with Crippen LogP contribution in [0.4, 0.5) is 30.7 Å². The molecule has 1 aromatic heterocycles. The SMILES string of the molecule is O=C(/C=C(\[O-])c1cccs1)C(F)(F)C(F)(F)C(F)(F)F. The molecule has 0 aliphatic heterocycles. The summed E-state index contributed by atoms with van der Waals surface area (Å²) in [7, 11) is 0. The summed E-state index contributed by atoms with van der Waals surface area (Å²) < 4.78 is 86.3. The third kappa shape index (κ3) is 2.79. The minimum atomic E-state index is -6.62. The molecule has 0 saturated heterocycles. The number of halogens is 7. The first-order valence-electron chi connectivity index (χ1n) is 4.70. The molecule has 0 atom stereocenters. The molecule has 0 bridgehead atoms. The Morgan fingerprint density at radius 3 is 2.10 bits per heavy atom. The zero-order valence-electron chi connectivity index (χ0n) is 9.18. The molecule has 0 unspecified atom stereocenters. The largest absolute Gasteiger partial charge is 0.871 e. The van der Waals surface area contributed by atoms with E-state index in [1.807, 2.05) is 0 Å². The lowest BCUT2D eigenvalue weighted by atomic mass is 10.1. The zero-order chi connectivity index (χ0) is 15.8. The molecule has 1 rings (SSSR count). The van der Waals surface area contributed by atoms with Gasteiger partial charge in [0.25, 0.3) is 0 Å². The molecule has 0 amide bonds. The van der Waals surface area contributed by atoms with E-state index in [0.717, 1.165) is 6.07 Å². The maximum Gasteiger partial charge on any atom is 0.460 e. The van der Waals surface area contributed by atoms with Crippen molar-refractivity contribution in [3.8, 4) is 0 Å². The highest BCUT2D eigenvalue weighted by Crippen LogP contribution is 2.47. The molecule has 10 heteroatoms. The van der Waals surface area contributed by atoms with Gasteiger partial charge < -0.3 is 5.11 Å². The van der Waals surface area contributed by atoms with Crippen molar-refractivity contribution in [3.05, 3.63) is 28.5 Å². The monoisotopic (exact) mass is 321 g/mol. The molecule has 0 aliphatic carbocycles. The summed E-state index contributed by atoms with van der Waals surface area (Å²) in [5, 5.41) is 12.5. The van der Waals surface area contributed by atoms with Crippen LogP contribution >= 0.6 is 11.3 Å². The van der Waals surface area contributed by atoms with E-state index in [0.29, 0.717) is 11.3 Å². The Morgan fingerprint density at radius 2 is 1.70 bits per heavy atom. The summed E-state index contributed by atoms with van der Waals surface area (Å²) in [5.41, 5.74) is 0. The normalized spacial score (nSPS) is 14.4. The standard InChI is InChI=1S/C10H5F7O2S/c11-8(12,9(13,14)10(15,16)17)7(19)4-5(18)6-2-1-3-20-6/h1-4,18H/p-1/b5-4-. The minimum absolute atomic E-state index is 0.246. The van der Waals surface area contributed by atoms with Crippen LogP contribution in [0.2, 0.25) is 0 Å². The smallest absolute Gasteiger partial charge is 0.460 e. The Kier molecular flexibility index (Phi) is 4.18. The number of allylic oxidation sites excluding steroid dienone is 1. The molecule has 2 nitrogen and oxygen atoms in total. The molecular formula is C10H4F7O2S-.